The SMILES string of the molecule is COCCCOc1ccc([N+](=O)[O-])cc1CNCCOC. The summed E-state index contributed by atoms with van der Waals surface area (Å²) in [7, 11) is 3.26. The molecule has 7 nitrogen and oxygen atoms in total. The van der Waals surface area contributed by atoms with Crippen molar-refractivity contribution in [3.05, 3.63) is 33.9 Å². The second-order valence-corrected chi connectivity index (χ2v) is 4.41. The van der Waals surface area contributed by atoms with E-state index >= 15 is 0 Å². The molecule has 1 aromatic carbocycles. The van der Waals surface area contributed by atoms with Crippen LogP contribution in [0.2, 0.25) is 0 Å². The number of rotatable bonds is 11. The monoisotopic (exact) mass is 298 g/mol. The van der Waals surface area contributed by atoms with Crippen molar-refractivity contribution in [2.24, 2.45) is 0 Å². The number of methoxy groups -OCH3 is 2. The van der Waals surface area contributed by atoms with Crippen LogP contribution in [0, 0.1) is 10.1 Å². The largest absolute Gasteiger partial charge is 0.493 e. The number of ether oxygens (including phenoxy) is 3. The molecule has 0 heterocycles. The van der Waals surface area contributed by atoms with Gasteiger partial charge in [0.1, 0.15) is 5.75 Å². The highest BCUT2D eigenvalue weighted by Crippen LogP contribution is 2.24. The van der Waals surface area contributed by atoms with Gasteiger partial charge in [-0.05, 0) is 6.07 Å². The minimum Gasteiger partial charge on any atom is -0.493 e. The fraction of sp³-hybridized carbons (Fsp3) is 0.571. The third-order valence-electron chi connectivity index (χ3n) is 2.80. The van der Waals surface area contributed by atoms with Crippen molar-refractivity contribution in [3.8, 4) is 5.75 Å². The summed E-state index contributed by atoms with van der Waals surface area (Å²) in [5.41, 5.74) is 0.820. The zero-order valence-electron chi connectivity index (χ0n) is 12.5. The van der Waals surface area contributed by atoms with Crippen LogP contribution in [0.25, 0.3) is 0 Å². The molecule has 0 saturated heterocycles. The third kappa shape index (κ3) is 6.52. The van der Waals surface area contributed by atoms with Crippen LogP contribution in [0.4, 0.5) is 5.69 Å². The summed E-state index contributed by atoms with van der Waals surface area (Å²) in [5.74, 6) is 0.654. The Labute approximate surface area is 124 Å². The van der Waals surface area contributed by atoms with E-state index in [2.05, 4.69) is 5.32 Å². The highest BCUT2D eigenvalue weighted by molar-refractivity contribution is 5.43. The molecule has 0 bridgehead atoms. The Morgan fingerprint density at radius 3 is 2.62 bits per heavy atom. The van der Waals surface area contributed by atoms with Crippen molar-refractivity contribution in [2.45, 2.75) is 13.0 Å². The van der Waals surface area contributed by atoms with E-state index in [1.807, 2.05) is 0 Å². The zero-order chi connectivity index (χ0) is 15.5. The number of nitro groups is 1. The first-order valence-electron chi connectivity index (χ1n) is 6.77. The molecule has 1 N–H and O–H groups in total. The summed E-state index contributed by atoms with van der Waals surface area (Å²) >= 11 is 0. The lowest BCUT2D eigenvalue weighted by molar-refractivity contribution is -0.384. The summed E-state index contributed by atoms with van der Waals surface area (Å²) in [5, 5.41) is 14.0. The van der Waals surface area contributed by atoms with E-state index in [0.29, 0.717) is 38.7 Å². The van der Waals surface area contributed by atoms with Gasteiger partial charge in [0.05, 0.1) is 18.1 Å². The van der Waals surface area contributed by atoms with E-state index in [0.717, 1.165) is 12.0 Å². The van der Waals surface area contributed by atoms with E-state index in [4.69, 9.17) is 14.2 Å². The molecule has 0 unspecified atom stereocenters. The Bertz CT molecular complexity index is 439. The normalized spacial score (nSPS) is 10.6. The first-order chi connectivity index (χ1) is 10.2. The van der Waals surface area contributed by atoms with Crippen molar-refractivity contribution in [1.29, 1.82) is 0 Å². The lowest BCUT2D eigenvalue weighted by Gasteiger charge is -2.12. The number of hydrogen-bond donors (Lipinski definition) is 1. The summed E-state index contributed by atoms with van der Waals surface area (Å²) < 4.78 is 15.6. The van der Waals surface area contributed by atoms with Crippen molar-refractivity contribution >= 4 is 5.69 Å². The van der Waals surface area contributed by atoms with Crippen molar-refractivity contribution in [2.75, 3.05) is 40.6 Å². The first kappa shape index (κ1) is 17.4. The molecule has 0 aliphatic rings. The summed E-state index contributed by atoms with van der Waals surface area (Å²) in [6.07, 6.45) is 0.768. The minimum absolute atomic E-state index is 0.0581. The third-order valence-corrected chi connectivity index (χ3v) is 2.80. The van der Waals surface area contributed by atoms with Gasteiger partial charge in [0, 0.05) is 58.0 Å². The van der Waals surface area contributed by atoms with E-state index in [1.165, 1.54) is 12.1 Å². The average Bonchev–Trinajstić information content (AvgIpc) is 2.48. The van der Waals surface area contributed by atoms with E-state index in [1.54, 1.807) is 20.3 Å². The maximum atomic E-state index is 10.8. The molecule has 118 valence electrons. The lowest BCUT2D eigenvalue weighted by atomic mass is 10.1. The van der Waals surface area contributed by atoms with Crippen molar-refractivity contribution < 1.29 is 19.1 Å². The molecule has 7 heteroatoms. The second-order valence-electron chi connectivity index (χ2n) is 4.41. The molecule has 0 radical (unpaired) electrons. The lowest BCUT2D eigenvalue weighted by Crippen LogP contribution is -2.19. The smallest absolute Gasteiger partial charge is 0.270 e. The molecular weight excluding hydrogens is 276 g/mol. The molecule has 1 rings (SSSR count). The standard InChI is InChI=1S/C14H22N2O5/c1-19-7-3-8-21-14-5-4-13(16(17)18)10-12(14)11-15-6-9-20-2/h4-5,10,15H,3,6-9,11H2,1-2H3. The van der Waals surface area contributed by atoms with E-state index in [9.17, 15) is 10.1 Å². The molecule has 0 atom stereocenters. The fourth-order valence-electron chi connectivity index (χ4n) is 1.74. The Morgan fingerprint density at radius 2 is 1.95 bits per heavy atom. The van der Waals surface area contributed by atoms with Crippen molar-refractivity contribution in [3.63, 3.8) is 0 Å². The molecule has 21 heavy (non-hydrogen) atoms. The van der Waals surface area contributed by atoms with Crippen LogP contribution in [-0.4, -0.2) is 45.5 Å². The highest BCUT2D eigenvalue weighted by atomic mass is 16.6. The highest BCUT2D eigenvalue weighted by Gasteiger charge is 2.11. The van der Waals surface area contributed by atoms with Gasteiger partial charge in [0.15, 0.2) is 0 Å². The topological polar surface area (TPSA) is 82.9 Å². The summed E-state index contributed by atoms with van der Waals surface area (Å²) in [6, 6.07) is 4.62. The predicted molar refractivity (Wildman–Crippen MR) is 78.7 cm³/mol. The molecule has 0 amide bonds. The maximum Gasteiger partial charge on any atom is 0.270 e. The van der Waals surface area contributed by atoms with E-state index in [-0.39, 0.29) is 5.69 Å². The number of nitrogens with one attached hydrogen (secondary N) is 1. The molecular formula is C14H22N2O5. The number of nitrogens with zero attached hydrogens (tertiary/aromatic N) is 1. The summed E-state index contributed by atoms with van der Waals surface area (Å²) in [6.45, 7) is 2.87. The Morgan fingerprint density at radius 1 is 1.19 bits per heavy atom. The van der Waals surface area contributed by atoms with Gasteiger partial charge in [0.25, 0.3) is 5.69 Å². The predicted octanol–water partition coefficient (Wildman–Crippen LogP) is 1.75. The number of nitro benzene ring substituents is 1. The van der Waals surface area contributed by atoms with Crippen LogP contribution in [0.5, 0.6) is 5.75 Å². The van der Waals surface area contributed by atoms with Crippen LogP contribution in [0.1, 0.15) is 12.0 Å². The van der Waals surface area contributed by atoms with Gasteiger partial charge >= 0.3 is 0 Å². The van der Waals surface area contributed by atoms with Gasteiger partial charge in [-0.2, -0.15) is 0 Å². The molecule has 0 aliphatic heterocycles. The molecule has 0 aromatic heterocycles. The fourth-order valence-corrected chi connectivity index (χ4v) is 1.74. The molecule has 0 spiro atoms. The minimum atomic E-state index is -0.409. The van der Waals surface area contributed by atoms with Crippen LogP contribution in [0.3, 0.4) is 0 Å². The van der Waals surface area contributed by atoms with Gasteiger partial charge < -0.3 is 19.5 Å². The van der Waals surface area contributed by atoms with Gasteiger partial charge in [-0.25, -0.2) is 0 Å². The molecule has 0 saturated carbocycles. The van der Waals surface area contributed by atoms with Gasteiger partial charge in [-0.1, -0.05) is 0 Å². The molecule has 0 aliphatic carbocycles. The van der Waals surface area contributed by atoms with Crippen LogP contribution < -0.4 is 10.1 Å². The Kier molecular flexibility index (Phi) is 8.34. The molecule has 0 fully saturated rings. The van der Waals surface area contributed by atoms with Gasteiger partial charge in [0.2, 0.25) is 0 Å². The van der Waals surface area contributed by atoms with Crippen LogP contribution in [0.15, 0.2) is 18.2 Å². The first-order valence-corrected chi connectivity index (χ1v) is 6.77. The quantitative estimate of drug-likeness (QED) is 0.381. The number of non-ortho nitro benzene ring substituents is 1. The van der Waals surface area contributed by atoms with Crippen molar-refractivity contribution in [1.82, 2.24) is 5.32 Å². The van der Waals surface area contributed by atoms with Gasteiger partial charge in [-0.15, -0.1) is 0 Å². The van der Waals surface area contributed by atoms with Crippen LogP contribution in [-0.2, 0) is 16.0 Å². The Balaban J connectivity index is 2.67. The average molecular weight is 298 g/mol. The summed E-state index contributed by atoms with van der Waals surface area (Å²) in [4.78, 5) is 10.4. The second kappa shape index (κ2) is 10.1. The number of hydrogen-bond acceptors (Lipinski definition) is 6. The van der Waals surface area contributed by atoms with Crippen LogP contribution >= 0.6 is 0 Å². The number of benzene rings is 1. The van der Waals surface area contributed by atoms with Gasteiger partial charge in [-0.3, -0.25) is 10.1 Å². The Hall–Kier alpha value is -1.70. The van der Waals surface area contributed by atoms with E-state index < -0.39 is 4.92 Å². The zero-order valence-corrected chi connectivity index (χ0v) is 12.5. The maximum absolute atomic E-state index is 10.8. The molecule has 1 aromatic rings.